The summed E-state index contributed by atoms with van der Waals surface area (Å²) in [6.07, 6.45) is 0. The number of nitrogens with one attached hydrogen (secondary N) is 1. The number of anilines is 1. The first kappa shape index (κ1) is 23.3. The number of imide groups is 1. The molecule has 0 saturated carbocycles. The zero-order valence-electron chi connectivity index (χ0n) is 19.3. The molecule has 3 aromatic carbocycles. The van der Waals surface area contributed by atoms with Gasteiger partial charge in [0.25, 0.3) is 11.8 Å². The molecule has 3 atom stereocenters. The number of carbonyl (C=O) groups is 3. The molecule has 178 valence electrons. The Kier molecular flexibility index (Phi) is 6.17. The number of amides is 3. The maximum Gasteiger partial charge on any atom is 0.268 e. The van der Waals surface area contributed by atoms with E-state index in [-0.39, 0.29) is 11.8 Å². The second-order valence-electron chi connectivity index (χ2n) is 8.58. The van der Waals surface area contributed by atoms with E-state index in [1.54, 1.807) is 30.3 Å². The third-order valence-corrected chi connectivity index (χ3v) is 6.86. The highest BCUT2D eigenvalue weighted by atomic mass is 79.9. The third kappa shape index (κ3) is 4.02. The summed E-state index contributed by atoms with van der Waals surface area (Å²) in [7, 11) is 0. The minimum Gasteiger partial charge on any atom is -0.494 e. The summed E-state index contributed by atoms with van der Waals surface area (Å²) in [5, 5.41) is 1.31. The molecular formula is C27H24BrN3O4. The Morgan fingerprint density at radius 2 is 1.74 bits per heavy atom. The van der Waals surface area contributed by atoms with Gasteiger partial charge in [-0.15, -0.1) is 0 Å². The summed E-state index contributed by atoms with van der Waals surface area (Å²) in [4.78, 5) is 42.3. The number of carbonyl (C=O) groups excluding carboxylic acids is 3. The number of nitrogens with zero attached hydrogens (tertiary/aromatic N) is 2. The highest BCUT2D eigenvalue weighted by molar-refractivity contribution is 9.10. The van der Waals surface area contributed by atoms with Crippen LogP contribution in [0.5, 0.6) is 5.75 Å². The van der Waals surface area contributed by atoms with Crippen molar-refractivity contribution in [1.29, 1.82) is 0 Å². The maximum absolute atomic E-state index is 13.8. The quantitative estimate of drug-likeness (QED) is 0.491. The molecule has 1 N–H and O–H groups in total. The smallest absolute Gasteiger partial charge is 0.268 e. The first-order valence-corrected chi connectivity index (χ1v) is 12.2. The monoisotopic (exact) mass is 533 g/mol. The van der Waals surface area contributed by atoms with Gasteiger partial charge in [-0.1, -0.05) is 57.9 Å². The zero-order valence-corrected chi connectivity index (χ0v) is 20.9. The van der Waals surface area contributed by atoms with Crippen molar-refractivity contribution in [2.45, 2.75) is 25.9 Å². The van der Waals surface area contributed by atoms with E-state index in [0.29, 0.717) is 23.6 Å². The number of aryl methyl sites for hydroxylation is 1. The summed E-state index contributed by atoms with van der Waals surface area (Å²) in [5.74, 6) is -1.36. The largest absolute Gasteiger partial charge is 0.494 e. The van der Waals surface area contributed by atoms with E-state index in [1.807, 2.05) is 56.3 Å². The van der Waals surface area contributed by atoms with Crippen LogP contribution in [0.25, 0.3) is 0 Å². The van der Waals surface area contributed by atoms with Gasteiger partial charge in [-0.3, -0.25) is 19.4 Å². The second-order valence-corrected chi connectivity index (χ2v) is 9.50. The van der Waals surface area contributed by atoms with Gasteiger partial charge in [0, 0.05) is 15.6 Å². The molecule has 2 heterocycles. The molecule has 8 heteroatoms. The third-order valence-electron chi connectivity index (χ3n) is 6.37. The number of hydrazine groups is 1. The summed E-state index contributed by atoms with van der Waals surface area (Å²) in [6.45, 7) is 4.27. The molecule has 35 heavy (non-hydrogen) atoms. The number of fused-ring (bicyclic) bond motifs is 1. The fourth-order valence-electron chi connectivity index (χ4n) is 4.77. The van der Waals surface area contributed by atoms with Crippen LogP contribution in [0.2, 0.25) is 0 Å². The lowest BCUT2D eigenvalue weighted by Gasteiger charge is -2.26. The molecule has 5 rings (SSSR count). The molecule has 0 radical (unpaired) electrons. The van der Waals surface area contributed by atoms with E-state index in [0.717, 1.165) is 15.6 Å². The standard InChI is InChI=1S/C27H24BrN3O4/c1-3-35-21-10-5-4-9-20(21)23-22-24(31(29-23)25(32)17-7-6-8-18(28)15-17)27(34)30(26(22)33)19-13-11-16(2)12-14-19/h4-15,22-24,29H,3H2,1-2H3/t22-,23-,24-/m0/s1. The summed E-state index contributed by atoms with van der Waals surface area (Å²) >= 11 is 3.40. The molecule has 2 saturated heterocycles. The molecule has 2 aliphatic rings. The highest BCUT2D eigenvalue weighted by Gasteiger charge is 2.60. The maximum atomic E-state index is 13.8. The van der Waals surface area contributed by atoms with Crippen LogP contribution in [0.15, 0.2) is 77.3 Å². The first-order chi connectivity index (χ1) is 16.9. The first-order valence-electron chi connectivity index (χ1n) is 11.4. The van der Waals surface area contributed by atoms with Gasteiger partial charge in [0.15, 0.2) is 0 Å². The van der Waals surface area contributed by atoms with Gasteiger partial charge >= 0.3 is 0 Å². The van der Waals surface area contributed by atoms with Crippen molar-refractivity contribution in [1.82, 2.24) is 10.4 Å². The minimum absolute atomic E-state index is 0.350. The number of hydrogen-bond donors (Lipinski definition) is 1. The van der Waals surface area contributed by atoms with E-state index >= 15 is 0 Å². The number of rotatable bonds is 5. The van der Waals surface area contributed by atoms with Crippen LogP contribution in [-0.4, -0.2) is 35.4 Å². The van der Waals surface area contributed by atoms with Crippen LogP contribution in [0.1, 0.15) is 34.5 Å². The number of para-hydroxylation sites is 1. The molecule has 3 aromatic rings. The molecule has 7 nitrogen and oxygen atoms in total. The lowest BCUT2D eigenvalue weighted by Crippen LogP contribution is -2.48. The van der Waals surface area contributed by atoms with Crippen LogP contribution in [0, 0.1) is 12.8 Å². The van der Waals surface area contributed by atoms with Gasteiger partial charge in [0.1, 0.15) is 11.8 Å². The minimum atomic E-state index is -0.991. The van der Waals surface area contributed by atoms with E-state index in [1.165, 1.54) is 9.91 Å². The Bertz CT molecular complexity index is 1310. The van der Waals surface area contributed by atoms with Crippen LogP contribution in [0.3, 0.4) is 0 Å². The van der Waals surface area contributed by atoms with Crippen LogP contribution < -0.4 is 15.1 Å². The Balaban J connectivity index is 1.60. The molecule has 2 fully saturated rings. The summed E-state index contributed by atoms with van der Waals surface area (Å²) in [5.41, 5.74) is 5.82. The molecular weight excluding hydrogens is 510 g/mol. The van der Waals surface area contributed by atoms with Gasteiger partial charge in [-0.25, -0.2) is 10.3 Å². The fraction of sp³-hybridized carbons (Fsp3) is 0.222. The number of ether oxygens (including phenoxy) is 1. The highest BCUT2D eigenvalue weighted by Crippen LogP contribution is 2.44. The summed E-state index contributed by atoms with van der Waals surface area (Å²) in [6, 6.07) is 20.0. The average molecular weight is 534 g/mol. The van der Waals surface area contributed by atoms with Gasteiger partial charge in [-0.2, -0.15) is 0 Å². The predicted octanol–water partition coefficient (Wildman–Crippen LogP) is 4.42. The van der Waals surface area contributed by atoms with Gasteiger partial charge in [0.2, 0.25) is 5.91 Å². The Hall–Kier alpha value is -3.49. The number of hydrogen-bond acceptors (Lipinski definition) is 5. The Morgan fingerprint density at radius 3 is 2.46 bits per heavy atom. The topological polar surface area (TPSA) is 79.0 Å². The van der Waals surface area contributed by atoms with Crippen LogP contribution in [0.4, 0.5) is 5.69 Å². The van der Waals surface area contributed by atoms with E-state index < -0.39 is 23.9 Å². The number of benzene rings is 3. The van der Waals surface area contributed by atoms with E-state index in [2.05, 4.69) is 21.4 Å². The lowest BCUT2D eigenvalue weighted by molar-refractivity contribution is -0.123. The van der Waals surface area contributed by atoms with Crippen molar-refractivity contribution in [2.75, 3.05) is 11.5 Å². The molecule has 3 amide bonds. The summed E-state index contributed by atoms with van der Waals surface area (Å²) < 4.78 is 6.56. The van der Waals surface area contributed by atoms with Crippen molar-refractivity contribution in [3.05, 3.63) is 94.0 Å². The van der Waals surface area contributed by atoms with Crippen molar-refractivity contribution >= 4 is 39.3 Å². The normalized spacial score (nSPS) is 21.4. The number of halogens is 1. The van der Waals surface area contributed by atoms with Crippen LogP contribution >= 0.6 is 15.9 Å². The fourth-order valence-corrected chi connectivity index (χ4v) is 5.17. The van der Waals surface area contributed by atoms with Gasteiger partial charge in [-0.05, 0) is 50.2 Å². The van der Waals surface area contributed by atoms with E-state index in [4.69, 9.17) is 4.74 Å². The Morgan fingerprint density at radius 1 is 1.00 bits per heavy atom. The van der Waals surface area contributed by atoms with Crippen molar-refractivity contribution < 1.29 is 19.1 Å². The zero-order chi connectivity index (χ0) is 24.7. The molecule has 0 unspecified atom stereocenters. The van der Waals surface area contributed by atoms with Crippen molar-refractivity contribution in [3.8, 4) is 5.75 Å². The molecule has 0 aromatic heterocycles. The van der Waals surface area contributed by atoms with Crippen LogP contribution in [-0.2, 0) is 9.59 Å². The van der Waals surface area contributed by atoms with Crippen molar-refractivity contribution in [3.63, 3.8) is 0 Å². The molecule has 0 spiro atoms. The SMILES string of the molecule is CCOc1ccccc1[C@@H]1NN(C(=O)c2cccc(Br)c2)[C@@H]2C(=O)N(c3ccc(C)cc3)C(=O)[C@H]21. The molecule has 2 aliphatic heterocycles. The van der Waals surface area contributed by atoms with Gasteiger partial charge in [0.05, 0.1) is 24.3 Å². The molecule has 0 aliphatic carbocycles. The second kappa shape index (κ2) is 9.28. The molecule has 0 bridgehead atoms. The van der Waals surface area contributed by atoms with E-state index in [9.17, 15) is 14.4 Å². The lowest BCUT2D eigenvalue weighted by atomic mass is 9.90. The average Bonchev–Trinajstić information content (AvgIpc) is 3.36. The van der Waals surface area contributed by atoms with Crippen molar-refractivity contribution in [2.24, 2.45) is 5.92 Å². The Labute approximate surface area is 211 Å². The predicted molar refractivity (Wildman–Crippen MR) is 135 cm³/mol. The van der Waals surface area contributed by atoms with Gasteiger partial charge < -0.3 is 4.74 Å².